The SMILES string of the molecule is CCn1ccnc1CNCCCC(=O)O. The van der Waals surface area contributed by atoms with Crippen LogP contribution in [-0.2, 0) is 17.9 Å². The van der Waals surface area contributed by atoms with E-state index in [1.807, 2.05) is 6.20 Å². The van der Waals surface area contributed by atoms with Gasteiger partial charge in [-0.1, -0.05) is 0 Å². The van der Waals surface area contributed by atoms with Gasteiger partial charge in [0.1, 0.15) is 5.82 Å². The summed E-state index contributed by atoms with van der Waals surface area (Å²) in [6.45, 7) is 4.38. The number of aryl methyl sites for hydroxylation is 1. The maximum Gasteiger partial charge on any atom is 0.303 e. The highest BCUT2D eigenvalue weighted by Crippen LogP contribution is 1.96. The topological polar surface area (TPSA) is 67.2 Å². The minimum atomic E-state index is -0.744. The molecular formula is C10H17N3O2. The second kappa shape index (κ2) is 6.19. The largest absolute Gasteiger partial charge is 0.481 e. The van der Waals surface area contributed by atoms with Gasteiger partial charge in [-0.15, -0.1) is 0 Å². The van der Waals surface area contributed by atoms with Gasteiger partial charge in [0, 0.05) is 25.4 Å². The predicted octanol–water partition coefficient (Wildman–Crippen LogP) is 0.857. The molecule has 0 radical (unpaired) electrons. The van der Waals surface area contributed by atoms with E-state index in [0.717, 1.165) is 12.4 Å². The van der Waals surface area contributed by atoms with Crippen molar-refractivity contribution in [2.75, 3.05) is 6.54 Å². The first kappa shape index (κ1) is 11.7. The quantitative estimate of drug-likeness (QED) is 0.656. The Labute approximate surface area is 89.1 Å². The molecule has 2 N–H and O–H groups in total. The number of hydrogen-bond acceptors (Lipinski definition) is 3. The molecule has 1 heterocycles. The summed E-state index contributed by atoms with van der Waals surface area (Å²) >= 11 is 0. The van der Waals surface area contributed by atoms with Crippen LogP contribution in [0.25, 0.3) is 0 Å². The Bertz CT molecular complexity index is 309. The summed E-state index contributed by atoms with van der Waals surface area (Å²) in [5.74, 6) is 0.250. The molecule has 0 saturated carbocycles. The molecule has 0 bridgehead atoms. The maximum atomic E-state index is 10.2. The first-order chi connectivity index (χ1) is 7.24. The predicted molar refractivity (Wildman–Crippen MR) is 56.5 cm³/mol. The molecule has 15 heavy (non-hydrogen) atoms. The average molecular weight is 211 g/mol. The highest BCUT2D eigenvalue weighted by Gasteiger charge is 2.00. The second-order valence-corrected chi connectivity index (χ2v) is 3.30. The van der Waals surface area contributed by atoms with Gasteiger partial charge in [-0.25, -0.2) is 4.98 Å². The Morgan fingerprint density at radius 3 is 3.13 bits per heavy atom. The van der Waals surface area contributed by atoms with Crippen LogP contribution < -0.4 is 5.32 Å². The van der Waals surface area contributed by atoms with Gasteiger partial charge in [0.15, 0.2) is 0 Å². The maximum absolute atomic E-state index is 10.2. The number of carboxylic acid groups (broad SMARTS) is 1. The third-order valence-corrected chi connectivity index (χ3v) is 2.17. The van der Waals surface area contributed by atoms with E-state index in [2.05, 4.69) is 21.8 Å². The summed E-state index contributed by atoms with van der Waals surface area (Å²) in [6, 6.07) is 0. The number of nitrogens with zero attached hydrogens (tertiary/aromatic N) is 2. The Balaban J connectivity index is 2.17. The summed E-state index contributed by atoms with van der Waals surface area (Å²) in [5.41, 5.74) is 0. The minimum absolute atomic E-state index is 0.217. The van der Waals surface area contributed by atoms with Gasteiger partial charge in [-0.05, 0) is 19.9 Å². The number of carbonyl (C=O) groups is 1. The van der Waals surface area contributed by atoms with E-state index in [0.29, 0.717) is 19.5 Å². The van der Waals surface area contributed by atoms with Crippen LogP contribution in [0, 0.1) is 0 Å². The standard InChI is InChI=1S/C10H17N3O2/c1-2-13-7-6-12-9(13)8-11-5-3-4-10(14)15/h6-7,11H,2-5,8H2,1H3,(H,14,15). The lowest BCUT2D eigenvalue weighted by atomic mass is 10.3. The lowest BCUT2D eigenvalue weighted by Crippen LogP contribution is -2.18. The Morgan fingerprint density at radius 1 is 1.67 bits per heavy atom. The van der Waals surface area contributed by atoms with Crippen molar-refractivity contribution >= 4 is 5.97 Å². The Kier molecular flexibility index (Phi) is 4.83. The van der Waals surface area contributed by atoms with Crippen molar-refractivity contribution in [1.29, 1.82) is 0 Å². The van der Waals surface area contributed by atoms with E-state index in [4.69, 9.17) is 5.11 Å². The lowest BCUT2D eigenvalue weighted by Gasteiger charge is -2.05. The van der Waals surface area contributed by atoms with E-state index in [1.54, 1.807) is 6.20 Å². The van der Waals surface area contributed by atoms with Gasteiger partial charge in [0.25, 0.3) is 0 Å². The van der Waals surface area contributed by atoms with E-state index in [-0.39, 0.29) is 6.42 Å². The molecule has 0 aromatic carbocycles. The average Bonchev–Trinajstić information content (AvgIpc) is 2.64. The molecule has 1 rings (SSSR count). The fraction of sp³-hybridized carbons (Fsp3) is 0.600. The van der Waals surface area contributed by atoms with Gasteiger partial charge in [-0.2, -0.15) is 0 Å². The van der Waals surface area contributed by atoms with Crippen LogP contribution in [0.3, 0.4) is 0 Å². The summed E-state index contributed by atoms with van der Waals surface area (Å²) in [6.07, 6.45) is 4.59. The van der Waals surface area contributed by atoms with Crippen molar-refractivity contribution in [3.63, 3.8) is 0 Å². The molecule has 0 aliphatic carbocycles. The number of nitrogens with one attached hydrogen (secondary N) is 1. The third-order valence-electron chi connectivity index (χ3n) is 2.17. The number of hydrogen-bond donors (Lipinski definition) is 2. The molecule has 0 aliphatic rings. The van der Waals surface area contributed by atoms with Crippen molar-refractivity contribution < 1.29 is 9.90 Å². The highest BCUT2D eigenvalue weighted by atomic mass is 16.4. The molecule has 1 aromatic heterocycles. The smallest absolute Gasteiger partial charge is 0.303 e. The fourth-order valence-electron chi connectivity index (χ4n) is 1.36. The number of carboxylic acids is 1. The van der Waals surface area contributed by atoms with Crippen LogP contribution in [0.5, 0.6) is 0 Å². The monoisotopic (exact) mass is 211 g/mol. The van der Waals surface area contributed by atoms with Crippen molar-refractivity contribution in [2.24, 2.45) is 0 Å². The van der Waals surface area contributed by atoms with Crippen LogP contribution in [0.1, 0.15) is 25.6 Å². The molecule has 0 unspecified atom stereocenters. The molecule has 0 spiro atoms. The van der Waals surface area contributed by atoms with Gasteiger partial charge in [0.05, 0.1) is 6.54 Å². The number of aromatic nitrogens is 2. The zero-order chi connectivity index (χ0) is 11.1. The molecule has 5 heteroatoms. The van der Waals surface area contributed by atoms with Crippen LogP contribution in [0.2, 0.25) is 0 Å². The fourth-order valence-corrected chi connectivity index (χ4v) is 1.36. The van der Waals surface area contributed by atoms with E-state index in [9.17, 15) is 4.79 Å². The van der Waals surface area contributed by atoms with Crippen LogP contribution in [0.15, 0.2) is 12.4 Å². The number of imidazole rings is 1. The van der Waals surface area contributed by atoms with Crippen molar-refractivity contribution in [2.45, 2.75) is 32.9 Å². The van der Waals surface area contributed by atoms with Crippen molar-refractivity contribution in [3.05, 3.63) is 18.2 Å². The zero-order valence-corrected chi connectivity index (χ0v) is 8.94. The van der Waals surface area contributed by atoms with Crippen molar-refractivity contribution in [1.82, 2.24) is 14.9 Å². The molecule has 0 aliphatic heterocycles. The summed E-state index contributed by atoms with van der Waals surface area (Å²) in [7, 11) is 0. The third kappa shape index (κ3) is 4.12. The molecule has 0 saturated heterocycles. The number of aliphatic carboxylic acids is 1. The van der Waals surface area contributed by atoms with Gasteiger partial charge >= 0.3 is 5.97 Å². The summed E-state index contributed by atoms with van der Waals surface area (Å²) < 4.78 is 2.06. The minimum Gasteiger partial charge on any atom is -0.481 e. The van der Waals surface area contributed by atoms with Crippen LogP contribution >= 0.6 is 0 Å². The molecular weight excluding hydrogens is 194 g/mol. The summed E-state index contributed by atoms with van der Waals surface area (Å²) in [4.78, 5) is 14.5. The van der Waals surface area contributed by atoms with Crippen LogP contribution in [-0.4, -0.2) is 27.2 Å². The highest BCUT2D eigenvalue weighted by molar-refractivity contribution is 5.66. The molecule has 1 aromatic rings. The van der Waals surface area contributed by atoms with E-state index < -0.39 is 5.97 Å². The van der Waals surface area contributed by atoms with E-state index >= 15 is 0 Å². The molecule has 0 atom stereocenters. The van der Waals surface area contributed by atoms with E-state index in [1.165, 1.54) is 0 Å². The normalized spacial score (nSPS) is 10.5. The summed E-state index contributed by atoms with van der Waals surface area (Å²) in [5, 5.41) is 11.6. The van der Waals surface area contributed by atoms with Gasteiger partial charge < -0.3 is 15.0 Å². The van der Waals surface area contributed by atoms with Gasteiger partial charge in [-0.3, -0.25) is 4.79 Å². The molecule has 0 fully saturated rings. The van der Waals surface area contributed by atoms with Crippen LogP contribution in [0.4, 0.5) is 0 Å². The Morgan fingerprint density at radius 2 is 2.47 bits per heavy atom. The first-order valence-electron chi connectivity index (χ1n) is 5.16. The molecule has 84 valence electrons. The van der Waals surface area contributed by atoms with Crippen molar-refractivity contribution in [3.8, 4) is 0 Å². The first-order valence-corrected chi connectivity index (χ1v) is 5.16. The second-order valence-electron chi connectivity index (χ2n) is 3.30. The molecule has 0 amide bonds. The number of rotatable bonds is 7. The Hall–Kier alpha value is -1.36. The zero-order valence-electron chi connectivity index (χ0n) is 8.94. The lowest BCUT2D eigenvalue weighted by molar-refractivity contribution is -0.137. The molecule has 5 nitrogen and oxygen atoms in total. The van der Waals surface area contributed by atoms with Gasteiger partial charge in [0.2, 0.25) is 0 Å².